The maximum atomic E-state index is 7.89. The van der Waals surface area contributed by atoms with E-state index in [1.165, 1.54) is 45.2 Å². The van der Waals surface area contributed by atoms with Crippen LogP contribution in [-0.4, -0.2) is 39.0 Å². The molecule has 0 unspecified atom stereocenters. The topological polar surface area (TPSA) is 87.2 Å². The Bertz CT molecular complexity index is 6090. The first-order valence-corrected chi connectivity index (χ1v) is 37.4. The number of para-hydroxylation sites is 4. The van der Waals surface area contributed by atoms with E-state index in [2.05, 4.69) is 165 Å². The van der Waals surface area contributed by atoms with Gasteiger partial charge in [0, 0.05) is 114 Å². The Hall–Kier alpha value is -11.0. The third kappa shape index (κ3) is 23.6. The van der Waals surface area contributed by atoms with E-state index in [9.17, 15) is 0 Å². The number of rotatable bonds is 5. The molecule has 8 aromatic heterocycles. The fourth-order valence-corrected chi connectivity index (χ4v) is 13.2. The molecule has 0 saturated carbocycles. The van der Waals surface area contributed by atoms with Gasteiger partial charge in [-0.3, -0.25) is 29.1 Å². The van der Waals surface area contributed by atoms with E-state index in [-0.39, 0.29) is 94.4 Å². The first-order valence-electron chi connectivity index (χ1n) is 46.4. The van der Waals surface area contributed by atoms with Gasteiger partial charge in [0.1, 0.15) is 11.6 Å². The van der Waals surface area contributed by atoms with Crippen molar-refractivity contribution in [3.05, 3.63) is 335 Å². The molecule has 0 spiro atoms. The normalized spacial score (nSPS) is 14.2. The van der Waals surface area contributed by atoms with Gasteiger partial charge in [-0.2, -0.15) is 0 Å². The molecule has 0 saturated heterocycles. The predicted molar refractivity (Wildman–Crippen MR) is 511 cm³/mol. The first-order chi connectivity index (χ1) is 59.2. The molecule has 0 aliphatic heterocycles. The Morgan fingerprint density at radius 2 is 0.586 bits per heavy atom. The van der Waals surface area contributed by atoms with Crippen molar-refractivity contribution in [2.75, 3.05) is 0 Å². The SMILES string of the molecule is C.C.C.C.C.C.CC(C)(C)c1nc(-n2c3ccccc3c3ccccc32)ccc1-c1ccccc1.[2H]C([2H])([2H])c1ccc(-c2ccccc2)nc1C(C)(C)C.[2H]C([2H])([2H])c1ccc(-n2c3ccccc3c3ccccc32)nc1C(C)(C)C.[2H]C([2H])([2H])c1ccc(C(C)(C)C)c(C([2H])([2H])[2H])n1.[2H]C([2H])([2H])c1nc(-c2ccccc2)ccc1C(C)(C)C.[2H]C([2H])([2H])c1ncccc1C(C)(C)C. The van der Waals surface area contributed by atoms with Gasteiger partial charge >= 0.3 is 0 Å². The molecule has 116 heavy (non-hydrogen) atoms. The molecule has 0 aliphatic rings. The Morgan fingerprint density at radius 3 is 0.974 bits per heavy atom. The van der Waals surface area contributed by atoms with Gasteiger partial charge < -0.3 is 0 Å². The summed E-state index contributed by atoms with van der Waals surface area (Å²) >= 11 is 0. The number of pyridine rings is 6. The van der Waals surface area contributed by atoms with Crippen LogP contribution in [0.5, 0.6) is 0 Å². The molecule has 8 heteroatoms. The van der Waals surface area contributed by atoms with E-state index in [4.69, 9.17) is 34.6 Å². The molecule has 0 fully saturated rings. The highest BCUT2D eigenvalue weighted by molar-refractivity contribution is 6.10. The summed E-state index contributed by atoms with van der Waals surface area (Å²) in [4.78, 5) is 26.9. The minimum atomic E-state index is -2.41. The summed E-state index contributed by atoms with van der Waals surface area (Å²) in [5.74, 6) is 1.71. The molecular weight excluding hydrogens is 1410 g/mol. The fraction of sp³-hybridized carbons (Fsp3) is 0.333. The Balaban J connectivity index is 0.000000338. The van der Waals surface area contributed by atoms with Gasteiger partial charge in [0.15, 0.2) is 0 Å². The lowest BCUT2D eigenvalue weighted by atomic mass is 9.86. The molecule has 0 amide bonds. The monoisotopic (exact) mass is 1570 g/mol. The summed E-state index contributed by atoms with van der Waals surface area (Å²) < 4.78 is 141. The van der Waals surface area contributed by atoms with Crippen LogP contribution in [0.1, 0.15) is 262 Å². The zero-order chi connectivity index (χ0) is 94.7. The minimum absolute atomic E-state index is 0. The summed E-state index contributed by atoms with van der Waals surface area (Å²) in [5.41, 5.74) is 14.0. The van der Waals surface area contributed by atoms with Crippen LogP contribution in [0.4, 0.5) is 0 Å². The van der Waals surface area contributed by atoms with Gasteiger partial charge in [-0.05, 0) is 157 Å². The molecule has 15 aromatic rings. The van der Waals surface area contributed by atoms with Gasteiger partial charge in [-0.15, -0.1) is 0 Å². The van der Waals surface area contributed by atoms with Crippen LogP contribution < -0.4 is 0 Å². The number of fused-ring (bicyclic) bond motifs is 6. The molecule has 0 atom stereocenters. The summed E-state index contributed by atoms with van der Waals surface area (Å²) in [6.07, 6.45) is 1.52. The van der Waals surface area contributed by atoms with E-state index in [0.717, 1.165) is 67.1 Å². The standard InChI is InChI=1S/C27H24N2.C22H22N2.2C16H19N.C11H17N.C10H15N.6CH4/c1-27(2,3)26-20(19-11-5-4-6-12-19)17-18-25(28-26)29-23-15-9-7-13-21(23)22-14-8-10-16-24(22)29;1-15-13-14-20(23-21(15)22(2,3)4)24-18-11-7-5-9-16(18)17-10-6-8-12-19(17)24;1-12-14(16(2,3)4)10-11-15(17-12)13-8-6-5-7-9-13;1-12-10-11-14(13-8-6-5-7-9-13)17-15(12)16(2,3)4;1-8-6-7-10(9(2)12-8)11(3,4)5;1-8-9(10(2,3)4)6-5-7-11-8;;;;;;/h4-18H,1-3H3;5-14H,1-4H3;2*5-11H,1-4H3;6-7H,1-5H3;5-7H,1-4H3;6*1H4/i;3*1D3;1D3,2D3;1D3;;;;;;. The molecule has 0 N–H and O–H groups in total. The highest BCUT2D eigenvalue weighted by Gasteiger charge is 2.26. The lowest BCUT2D eigenvalue weighted by Crippen LogP contribution is -2.16. The van der Waals surface area contributed by atoms with Crippen LogP contribution >= 0.6 is 0 Å². The fourth-order valence-electron chi connectivity index (χ4n) is 13.2. The number of hydrogen-bond acceptors (Lipinski definition) is 6. The molecule has 612 valence electrons. The third-order valence-corrected chi connectivity index (χ3v) is 18.7. The van der Waals surface area contributed by atoms with Crippen LogP contribution in [0.2, 0.25) is 0 Å². The smallest absolute Gasteiger partial charge is 0.137 e. The molecule has 8 nitrogen and oxygen atoms in total. The van der Waals surface area contributed by atoms with E-state index in [1.807, 2.05) is 213 Å². The van der Waals surface area contributed by atoms with Crippen molar-refractivity contribution in [2.24, 2.45) is 0 Å². The summed E-state index contributed by atoms with van der Waals surface area (Å²) in [7, 11) is 0. The van der Waals surface area contributed by atoms with Crippen molar-refractivity contribution in [1.29, 1.82) is 0 Å². The lowest BCUT2D eigenvalue weighted by Gasteiger charge is -2.23. The zero-order valence-corrected chi connectivity index (χ0v) is 67.0. The summed E-state index contributed by atoms with van der Waals surface area (Å²) in [5, 5.41) is 4.84. The molecule has 0 aliphatic carbocycles. The van der Waals surface area contributed by atoms with Gasteiger partial charge in [0.25, 0.3) is 0 Å². The second kappa shape index (κ2) is 40.6. The maximum absolute atomic E-state index is 7.89. The summed E-state index contributed by atoms with van der Waals surface area (Å²) in [6.45, 7) is 22.8. The number of hydrogen-bond donors (Lipinski definition) is 0. The van der Waals surface area contributed by atoms with E-state index in [0.29, 0.717) is 33.8 Å². The van der Waals surface area contributed by atoms with Gasteiger partial charge in [0.2, 0.25) is 0 Å². The van der Waals surface area contributed by atoms with E-state index < -0.39 is 46.5 Å². The number of nitrogens with zero attached hydrogens (tertiary/aromatic N) is 8. The highest BCUT2D eigenvalue weighted by atomic mass is 15.1. The average molecular weight is 1570 g/mol. The number of benzene rings is 7. The van der Waals surface area contributed by atoms with E-state index >= 15 is 0 Å². The number of aromatic nitrogens is 8. The third-order valence-electron chi connectivity index (χ3n) is 18.7. The van der Waals surface area contributed by atoms with Crippen LogP contribution in [0.15, 0.2) is 267 Å². The van der Waals surface area contributed by atoms with Crippen molar-refractivity contribution in [3.8, 4) is 45.3 Å². The van der Waals surface area contributed by atoms with Crippen molar-refractivity contribution in [1.82, 2.24) is 39.0 Å². The van der Waals surface area contributed by atoms with Gasteiger partial charge in [-0.1, -0.05) is 363 Å². The first kappa shape index (κ1) is 71.6. The summed E-state index contributed by atoms with van der Waals surface area (Å²) in [6, 6.07) is 85.3. The van der Waals surface area contributed by atoms with Gasteiger partial charge in [0.05, 0.1) is 44.8 Å². The van der Waals surface area contributed by atoms with Crippen molar-refractivity contribution in [2.45, 2.75) is 243 Å². The molecule has 0 bridgehead atoms. The molecule has 15 rings (SSSR count). The molecule has 0 radical (unpaired) electrons. The van der Waals surface area contributed by atoms with Crippen molar-refractivity contribution >= 4 is 43.6 Å². The van der Waals surface area contributed by atoms with Crippen molar-refractivity contribution in [3.63, 3.8) is 0 Å². The number of aryl methyl sites for hydroxylation is 6. The van der Waals surface area contributed by atoms with Crippen molar-refractivity contribution < 1.29 is 24.7 Å². The molecule has 8 heterocycles. The average Bonchev–Trinajstić information content (AvgIpc) is 1.58. The largest absolute Gasteiger partial charge is 0.294 e. The Kier molecular flexibility index (Phi) is 25.0. The van der Waals surface area contributed by atoms with E-state index in [1.54, 1.807) is 30.3 Å². The predicted octanol–water partition coefficient (Wildman–Crippen LogP) is 31.1. The second-order valence-corrected chi connectivity index (χ2v) is 33.6. The minimum Gasteiger partial charge on any atom is -0.294 e. The Morgan fingerprint density at radius 1 is 0.250 bits per heavy atom. The van der Waals surface area contributed by atoms with Gasteiger partial charge in [-0.25, -0.2) is 9.97 Å². The van der Waals surface area contributed by atoms with Crippen LogP contribution in [0.25, 0.3) is 88.9 Å². The molecular formula is C108H140N8. The highest BCUT2D eigenvalue weighted by Crippen LogP contribution is 2.38. The van der Waals surface area contributed by atoms with Crippen LogP contribution in [-0.2, 0) is 32.5 Å². The van der Waals surface area contributed by atoms with Crippen LogP contribution in [0.3, 0.4) is 0 Å². The second-order valence-electron chi connectivity index (χ2n) is 33.6. The van der Waals surface area contributed by atoms with Crippen LogP contribution in [0, 0.1) is 41.1 Å². The lowest BCUT2D eigenvalue weighted by molar-refractivity contribution is 0.563. The zero-order valence-electron chi connectivity index (χ0n) is 85.0. The Labute approximate surface area is 726 Å². The maximum Gasteiger partial charge on any atom is 0.137 e. The quantitative estimate of drug-likeness (QED) is 0.171. The molecule has 7 aromatic carbocycles.